The van der Waals surface area contributed by atoms with E-state index in [2.05, 4.69) is 53.0 Å². The van der Waals surface area contributed by atoms with Crippen molar-refractivity contribution in [3.05, 3.63) is 78.1 Å². The van der Waals surface area contributed by atoms with Crippen LogP contribution in [0, 0.1) is 6.92 Å². The van der Waals surface area contributed by atoms with E-state index in [4.69, 9.17) is 12.2 Å². The Hall–Kier alpha value is -2.20. The summed E-state index contributed by atoms with van der Waals surface area (Å²) in [5.41, 5.74) is 3.68. The lowest BCUT2D eigenvalue weighted by atomic mass is 10.1. The molecule has 22 heavy (non-hydrogen) atoms. The predicted octanol–water partition coefficient (Wildman–Crippen LogP) is 3.45. The number of hydrogen-bond acceptors (Lipinski definition) is 2. The zero-order chi connectivity index (χ0) is 15.8. The highest BCUT2D eigenvalue weighted by atomic mass is 32.1. The molecule has 0 aliphatic rings. The molecule has 0 atom stereocenters. The highest BCUT2D eigenvalue weighted by molar-refractivity contribution is 7.80. The third-order valence-electron chi connectivity index (χ3n) is 3.30. The van der Waals surface area contributed by atoms with Crippen molar-refractivity contribution in [3.63, 3.8) is 0 Å². The van der Waals surface area contributed by atoms with Gasteiger partial charge in [-0.25, -0.2) is 0 Å². The van der Waals surface area contributed by atoms with Crippen molar-refractivity contribution in [2.75, 3.05) is 6.54 Å². The molecule has 0 radical (unpaired) electrons. The number of aryl methyl sites for hydroxylation is 1. The lowest BCUT2D eigenvalue weighted by molar-refractivity contribution is 0.401. The highest BCUT2D eigenvalue weighted by Crippen LogP contribution is 2.11. The minimum atomic E-state index is 0.666. The van der Waals surface area contributed by atoms with Crippen LogP contribution in [0.25, 0.3) is 0 Å². The van der Waals surface area contributed by atoms with Gasteiger partial charge in [-0.1, -0.05) is 35.9 Å². The van der Waals surface area contributed by atoms with Gasteiger partial charge in [-0.15, -0.1) is 6.58 Å². The van der Waals surface area contributed by atoms with E-state index in [0.717, 1.165) is 18.2 Å². The molecule has 2 aromatic rings. The fourth-order valence-corrected chi connectivity index (χ4v) is 2.31. The van der Waals surface area contributed by atoms with Crippen LogP contribution in [-0.2, 0) is 13.1 Å². The van der Waals surface area contributed by atoms with Crippen LogP contribution in [0.15, 0.2) is 61.4 Å². The summed E-state index contributed by atoms with van der Waals surface area (Å²) < 4.78 is 0. The molecular weight excluding hydrogens is 290 g/mol. The maximum atomic E-state index is 5.52. The molecule has 0 unspecified atom stereocenters. The first-order chi connectivity index (χ1) is 10.7. The normalized spacial score (nSPS) is 10.0. The molecule has 0 saturated carbocycles. The van der Waals surface area contributed by atoms with Crippen molar-refractivity contribution in [1.29, 1.82) is 0 Å². The van der Waals surface area contributed by atoms with Crippen LogP contribution in [0.3, 0.4) is 0 Å². The molecular formula is C18H21N3S. The highest BCUT2D eigenvalue weighted by Gasteiger charge is 2.10. The summed E-state index contributed by atoms with van der Waals surface area (Å²) in [6.07, 6.45) is 5.42. The molecule has 1 heterocycles. The Balaban J connectivity index is 2.11. The van der Waals surface area contributed by atoms with Crippen LogP contribution < -0.4 is 5.32 Å². The van der Waals surface area contributed by atoms with Crippen LogP contribution in [-0.4, -0.2) is 21.5 Å². The first kappa shape index (κ1) is 16.2. The van der Waals surface area contributed by atoms with Crippen molar-refractivity contribution in [3.8, 4) is 0 Å². The van der Waals surface area contributed by atoms with Gasteiger partial charge in [0.15, 0.2) is 5.11 Å². The number of benzene rings is 1. The van der Waals surface area contributed by atoms with E-state index in [0.29, 0.717) is 6.54 Å². The summed E-state index contributed by atoms with van der Waals surface area (Å²) >= 11 is 5.52. The van der Waals surface area contributed by atoms with E-state index in [1.165, 1.54) is 16.7 Å². The number of nitrogens with one attached hydrogen (secondary N) is 1. The lowest BCUT2D eigenvalue weighted by Gasteiger charge is -2.26. The molecule has 0 amide bonds. The van der Waals surface area contributed by atoms with Crippen LogP contribution in [0.5, 0.6) is 0 Å². The molecule has 4 heteroatoms. The third-order valence-corrected chi connectivity index (χ3v) is 3.70. The average molecular weight is 311 g/mol. The second-order valence-electron chi connectivity index (χ2n) is 5.17. The third kappa shape index (κ3) is 4.97. The van der Waals surface area contributed by atoms with Gasteiger partial charge in [0.2, 0.25) is 0 Å². The Labute approximate surface area is 137 Å². The fraction of sp³-hybridized carbons (Fsp3) is 0.222. The Morgan fingerprint density at radius 1 is 1.14 bits per heavy atom. The quantitative estimate of drug-likeness (QED) is 0.653. The Morgan fingerprint density at radius 2 is 1.73 bits per heavy atom. The van der Waals surface area contributed by atoms with E-state index in [1.807, 2.05) is 18.2 Å². The number of aromatic nitrogens is 1. The Kier molecular flexibility index (Phi) is 6.10. The van der Waals surface area contributed by atoms with Crippen molar-refractivity contribution >= 4 is 17.3 Å². The van der Waals surface area contributed by atoms with Crippen molar-refractivity contribution < 1.29 is 0 Å². The van der Waals surface area contributed by atoms with Gasteiger partial charge in [-0.05, 0) is 42.4 Å². The number of thiocarbonyl (C=S) groups is 1. The standard InChI is InChI=1S/C18H21N3S/c1-3-10-20-18(22)21(14-17-8-11-19-12-9-17)13-16-6-4-15(2)5-7-16/h3-9,11-12H,1,10,13-14H2,2H3,(H,20,22). The maximum absolute atomic E-state index is 5.52. The molecule has 0 saturated heterocycles. The van der Waals surface area contributed by atoms with Crippen LogP contribution >= 0.6 is 12.2 Å². The van der Waals surface area contributed by atoms with Gasteiger partial charge in [0.25, 0.3) is 0 Å². The van der Waals surface area contributed by atoms with Crippen molar-refractivity contribution in [2.24, 2.45) is 0 Å². The van der Waals surface area contributed by atoms with Gasteiger partial charge in [-0.3, -0.25) is 4.98 Å². The second kappa shape index (κ2) is 8.29. The van der Waals surface area contributed by atoms with Gasteiger partial charge in [0, 0.05) is 32.0 Å². The largest absolute Gasteiger partial charge is 0.359 e. The molecule has 3 nitrogen and oxygen atoms in total. The van der Waals surface area contributed by atoms with Crippen LogP contribution in [0.4, 0.5) is 0 Å². The molecule has 1 aromatic heterocycles. The van der Waals surface area contributed by atoms with Gasteiger partial charge in [0.1, 0.15) is 0 Å². The van der Waals surface area contributed by atoms with E-state index in [9.17, 15) is 0 Å². The first-order valence-electron chi connectivity index (χ1n) is 7.27. The number of pyridine rings is 1. The molecule has 1 aromatic carbocycles. The molecule has 0 fully saturated rings. The molecule has 0 aliphatic carbocycles. The van der Waals surface area contributed by atoms with Crippen molar-refractivity contribution in [1.82, 2.24) is 15.2 Å². The SMILES string of the molecule is C=CCNC(=S)N(Cc1ccncc1)Cc1ccc(C)cc1. The van der Waals surface area contributed by atoms with E-state index >= 15 is 0 Å². The summed E-state index contributed by atoms with van der Waals surface area (Å²) in [6, 6.07) is 12.6. The molecule has 1 N–H and O–H groups in total. The smallest absolute Gasteiger partial charge is 0.169 e. The zero-order valence-electron chi connectivity index (χ0n) is 12.8. The summed E-state index contributed by atoms with van der Waals surface area (Å²) in [4.78, 5) is 6.21. The number of nitrogens with zero attached hydrogens (tertiary/aromatic N) is 2. The Morgan fingerprint density at radius 3 is 2.32 bits per heavy atom. The van der Waals surface area contributed by atoms with E-state index in [-0.39, 0.29) is 0 Å². The minimum absolute atomic E-state index is 0.666. The predicted molar refractivity (Wildman–Crippen MR) is 95.5 cm³/mol. The van der Waals surface area contributed by atoms with E-state index < -0.39 is 0 Å². The fourth-order valence-electron chi connectivity index (χ4n) is 2.09. The van der Waals surface area contributed by atoms with Crippen molar-refractivity contribution in [2.45, 2.75) is 20.0 Å². The van der Waals surface area contributed by atoms with Gasteiger partial charge in [-0.2, -0.15) is 0 Å². The first-order valence-corrected chi connectivity index (χ1v) is 7.68. The minimum Gasteiger partial charge on any atom is -0.359 e. The second-order valence-corrected chi connectivity index (χ2v) is 5.56. The Bertz CT molecular complexity index is 608. The molecule has 114 valence electrons. The van der Waals surface area contributed by atoms with Crippen LogP contribution in [0.1, 0.15) is 16.7 Å². The monoisotopic (exact) mass is 311 g/mol. The van der Waals surface area contributed by atoms with Gasteiger partial charge in [0.05, 0.1) is 0 Å². The van der Waals surface area contributed by atoms with Gasteiger partial charge < -0.3 is 10.2 Å². The number of hydrogen-bond donors (Lipinski definition) is 1. The topological polar surface area (TPSA) is 28.2 Å². The van der Waals surface area contributed by atoms with E-state index in [1.54, 1.807) is 12.4 Å². The molecule has 2 rings (SSSR count). The van der Waals surface area contributed by atoms with Crippen LogP contribution in [0.2, 0.25) is 0 Å². The summed E-state index contributed by atoms with van der Waals surface area (Å²) in [5.74, 6) is 0. The maximum Gasteiger partial charge on any atom is 0.169 e. The molecule has 0 spiro atoms. The van der Waals surface area contributed by atoms with Gasteiger partial charge >= 0.3 is 0 Å². The average Bonchev–Trinajstić information content (AvgIpc) is 2.55. The summed E-state index contributed by atoms with van der Waals surface area (Å²) in [7, 11) is 0. The summed E-state index contributed by atoms with van der Waals surface area (Å²) in [6.45, 7) is 8.00. The zero-order valence-corrected chi connectivity index (χ0v) is 13.6. The number of rotatable bonds is 6. The summed E-state index contributed by atoms with van der Waals surface area (Å²) in [5, 5.41) is 3.94. The molecule has 0 aliphatic heterocycles. The molecule has 0 bridgehead atoms. The lowest BCUT2D eigenvalue weighted by Crippen LogP contribution is -2.38.